The zero-order valence-corrected chi connectivity index (χ0v) is 16.3. The minimum atomic E-state index is -0.334. The Morgan fingerprint density at radius 3 is 2.77 bits per heavy atom. The van der Waals surface area contributed by atoms with Gasteiger partial charge in [0.15, 0.2) is 5.13 Å². The number of halogens is 1. The molecule has 1 aliphatic rings. The number of nitrogens with zero attached hydrogens (tertiary/aromatic N) is 3. The molecule has 0 radical (unpaired) electrons. The maximum atomic E-state index is 11.0. The molecule has 132 valence electrons. The van der Waals surface area contributed by atoms with E-state index in [-0.39, 0.29) is 10.6 Å². The number of nitro groups is 1. The van der Waals surface area contributed by atoms with Crippen molar-refractivity contribution < 1.29 is 4.92 Å². The van der Waals surface area contributed by atoms with Gasteiger partial charge in [0.2, 0.25) is 0 Å². The second kappa shape index (κ2) is 7.17. The van der Waals surface area contributed by atoms with E-state index in [1.807, 2.05) is 24.4 Å². The lowest BCUT2D eigenvalue weighted by Gasteiger charge is -2.28. The minimum Gasteiger partial charge on any atom is -0.343 e. The summed E-state index contributed by atoms with van der Waals surface area (Å²) in [6, 6.07) is 13.5. The topological polar surface area (TPSA) is 59.3 Å². The van der Waals surface area contributed by atoms with Crippen LogP contribution in [0.1, 0.15) is 21.6 Å². The van der Waals surface area contributed by atoms with Crippen molar-refractivity contribution >= 4 is 38.1 Å². The lowest BCUT2D eigenvalue weighted by Crippen LogP contribution is -2.30. The van der Waals surface area contributed by atoms with Crippen molar-refractivity contribution in [2.24, 2.45) is 0 Å². The van der Waals surface area contributed by atoms with Gasteiger partial charge in [0.25, 0.3) is 5.69 Å². The minimum absolute atomic E-state index is 0.153. The number of rotatable bonds is 4. The third-order valence-electron chi connectivity index (χ3n) is 4.52. The van der Waals surface area contributed by atoms with Gasteiger partial charge in [0.1, 0.15) is 0 Å². The van der Waals surface area contributed by atoms with E-state index in [4.69, 9.17) is 0 Å². The summed E-state index contributed by atoms with van der Waals surface area (Å²) in [6.07, 6.45) is 3.68. The van der Waals surface area contributed by atoms with Crippen LogP contribution in [0.2, 0.25) is 0 Å². The number of aromatic nitrogens is 1. The molecule has 0 saturated carbocycles. The zero-order chi connectivity index (χ0) is 18.1. The normalized spacial score (nSPS) is 13.5. The SMILES string of the molecule is O=[N+]([O-])c1ccc2c(c1)CN(c1ncc(Cc3ccc(Br)cc3)s1)CC2. The van der Waals surface area contributed by atoms with E-state index in [2.05, 4.69) is 37.9 Å². The van der Waals surface area contributed by atoms with Gasteiger partial charge >= 0.3 is 0 Å². The number of nitro benzene ring substituents is 1. The lowest BCUT2D eigenvalue weighted by molar-refractivity contribution is -0.384. The molecule has 1 aromatic heterocycles. The van der Waals surface area contributed by atoms with E-state index in [9.17, 15) is 10.1 Å². The second-order valence-electron chi connectivity index (χ2n) is 6.29. The average molecular weight is 430 g/mol. The van der Waals surface area contributed by atoms with E-state index >= 15 is 0 Å². The summed E-state index contributed by atoms with van der Waals surface area (Å²) in [5.74, 6) is 0. The molecular formula is C19H16BrN3O2S. The molecule has 26 heavy (non-hydrogen) atoms. The molecule has 1 aliphatic heterocycles. The van der Waals surface area contributed by atoms with Crippen LogP contribution in [0, 0.1) is 10.1 Å². The Labute approximate surface area is 163 Å². The zero-order valence-electron chi connectivity index (χ0n) is 13.9. The number of benzene rings is 2. The molecule has 5 nitrogen and oxygen atoms in total. The fourth-order valence-corrected chi connectivity index (χ4v) is 4.38. The number of hydrogen-bond donors (Lipinski definition) is 0. The Morgan fingerprint density at radius 2 is 2.00 bits per heavy atom. The molecule has 0 saturated heterocycles. The van der Waals surface area contributed by atoms with Gasteiger partial charge in [-0.25, -0.2) is 4.98 Å². The monoisotopic (exact) mass is 429 g/mol. The number of anilines is 1. The Hall–Kier alpha value is -2.25. The van der Waals surface area contributed by atoms with Crippen molar-refractivity contribution in [3.63, 3.8) is 0 Å². The van der Waals surface area contributed by atoms with Crippen molar-refractivity contribution in [2.45, 2.75) is 19.4 Å². The quantitative estimate of drug-likeness (QED) is 0.433. The fourth-order valence-electron chi connectivity index (χ4n) is 3.15. The summed E-state index contributed by atoms with van der Waals surface area (Å²) in [6.45, 7) is 1.55. The van der Waals surface area contributed by atoms with E-state index in [1.54, 1.807) is 23.5 Å². The van der Waals surface area contributed by atoms with Crippen molar-refractivity contribution in [3.8, 4) is 0 Å². The van der Waals surface area contributed by atoms with E-state index in [0.717, 1.165) is 34.6 Å². The van der Waals surface area contributed by atoms with Crippen molar-refractivity contribution in [3.05, 3.63) is 84.8 Å². The Bertz CT molecular complexity index is 956. The molecule has 0 fully saturated rings. The summed E-state index contributed by atoms with van der Waals surface area (Å²) < 4.78 is 1.08. The first-order valence-corrected chi connectivity index (χ1v) is 9.90. The summed E-state index contributed by atoms with van der Waals surface area (Å²) in [5.41, 5.74) is 3.62. The van der Waals surface area contributed by atoms with Crippen LogP contribution in [0.3, 0.4) is 0 Å². The fraction of sp³-hybridized carbons (Fsp3) is 0.211. The Morgan fingerprint density at radius 1 is 1.19 bits per heavy atom. The predicted octanol–water partition coefficient (Wildman–Crippen LogP) is 4.97. The maximum absolute atomic E-state index is 11.0. The highest BCUT2D eigenvalue weighted by molar-refractivity contribution is 9.10. The van der Waals surface area contributed by atoms with Crippen LogP contribution in [0.25, 0.3) is 0 Å². The number of non-ortho nitro benzene ring substituents is 1. The van der Waals surface area contributed by atoms with Gasteiger partial charge in [-0.2, -0.15) is 0 Å². The highest BCUT2D eigenvalue weighted by Crippen LogP contribution is 2.30. The van der Waals surface area contributed by atoms with Gasteiger partial charge in [-0.1, -0.05) is 34.1 Å². The highest BCUT2D eigenvalue weighted by atomic mass is 79.9. The van der Waals surface area contributed by atoms with Crippen LogP contribution < -0.4 is 4.90 Å². The average Bonchev–Trinajstić information content (AvgIpc) is 3.11. The maximum Gasteiger partial charge on any atom is 0.269 e. The molecular weight excluding hydrogens is 414 g/mol. The summed E-state index contributed by atoms with van der Waals surface area (Å²) >= 11 is 5.15. The second-order valence-corrected chi connectivity index (χ2v) is 8.30. The molecule has 0 atom stereocenters. The van der Waals surface area contributed by atoms with Gasteiger partial charge in [0, 0.05) is 47.2 Å². The van der Waals surface area contributed by atoms with Gasteiger partial charge in [-0.15, -0.1) is 11.3 Å². The first kappa shape index (κ1) is 17.2. The number of thiazole rings is 1. The van der Waals surface area contributed by atoms with Crippen molar-refractivity contribution in [2.75, 3.05) is 11.4 Å². The molecule has 0 amide bonds. The van der Waals surface area contributed by atoms with E-state index < -0.39 is 0 Å². The number of hydrogen-bond acceptors (Lipinski definition) is 5. The van der Waals surface area contributed by atoms with Crippen molar-refractivity contribution in [1.29, 1.82) is 0 Å². The summed E-state index contributed by atoms with van der Waals surface area (Å²) in [5, 5.41) is 12.0. The van der Waals surface area contributed by atoms with Gasteiger partial charge < -0.3 is 4.90 Å². The van der Waals surface area contributed by atoms with Crippen LogP contribution in [-0.4, -0.2) is 16.5 Å². The van der Waals surface area contributed by atoms with E-state index in [1.165, 1.54) is 16.0 Å². The van der Waals surface area contributed by atoms with Gasteiger partial charge in [0.05, 0.1) is 4.92 Å². The molecule has 7 heteroatoms. The molecule has 2 heterocycles. The first-order chi connectivity index (χ1) is 12.6. The number of fused-ring (bicyclic) bond motifs is 1. The van der Waals surface area contributed by atoms with Crippen LogP contribution in [0.15, 0.2) is 53.1 Å². The molecule has 0 N–H and O–H groups in total. The third-order valence-corrected chi connectivity index (χ3v) is 6.10. The molecule has 0 spiro atoms. The lowest BCUT2D eigenvalue weighted by atomic mass is 9.99. The van der Waals surface area contributed by atoms with Crippen LogP contribution >= 0.6 is 27.3 Å². The smallest absolute Gasteiger partial charge is 0.269 e. The molecule has 0 bridgehead atoms. The van der Waals surface area contributed by atoms with E-state index in [0.29, 0.717) is 6.54 Å². The van der Waals surface area contributed by atoms with Crippen LogP contribution in [-0.2, 0) is 19.4 Å². The Balaban J connectivity index is 1.50. The van der Waals surface area contributed by atoms with Gasteiger partial charge in [-0.05, 0) is 35.2 Å². The molecule has 4 rings (SSSR count). The molecule has 0 unspecified atom stereocenters. The largest absolute Gasteiger partial charge is 0.343 e. The summed E-state index contributed by atoms with van der Waals surface area (Å²) in [4.78, 5) is 18.7. The highest BCUT2D eigenvalue weighted by Gasteiger charge is 2.21. The predicted molar refractivity (Wildman–Crippen MR) is 107 cm³/mol. The van der Waals surface area contributed by atoms with Crippen LogP contribution in [0.5, 0.6) is 0 Å². The molecule has 3 aromatic rings. The molecule has 0 aliphatic carbocycles. The van der Waals surface area contributed by atoms with Crippen molar-refractivity contribution in [1.82, 2.24) is 4.98 Å². The Kier molecular flexibility index (Phi) is 4.74. The summed E-state index contributed by atoms with van der Waals surface area (Å²) in [7, 11) is 0. The standard InChI is InChI=1S/C19H16BrN3O2S/c20-16-4-1-13(2-5-16)9-18-11-21-19(26-18)22-8-7-14-3-6-17(23(24)25)10-15(14)12-22/h1-6,10-11H,7-9,12H2. The van der Waals surface area contributed by atoms with Gasteiger partial charge in [-0.3, -0.25) is 10.1 Å². The third kappa shape index (κ3) is 3.64. The first-order valence-electron chi connectivity index (χ1n) is 8.29. The molecule has 2 aromatic carbocycles. The van der Waals surface area contributed by atoms with Crippen LogP contribution in [0.4, 0.5) is 10.8 Å².